The first-order valence-corrected chi connectivity index (χ1v) is 6.76. The lowest BCUT2D eigenvalue weighted by molar-refractivity contribution is -0.148. The van der Waals surface area contributed by atoms with Crippen molar-refractivity contribution >= 4 is 5.91 Å². The summed E-state index contributed by atoms with van der Waals surface area (Å²) in [5.41, 5.74) is 1.51. The van der Waals surface area contributed by atoms with E-state index in [1.807, 2.05) is 30.3 Å². The molecule has 0 spiro atoms. The predicted octanol–water partition coefficient (Wildman–Crippen LogP) is 0.797. The minimum absolute atomic E-state index is 0.0933. The van der Waals surface area contributed by atoms with Crippen molar-refractivity contribution in [3.05, 3.63) is 47.8 Å². The Bertz CT molecular complexity index is 500. The van der Waals surface area contributed by atoms with Crippen molar-refractivity contribution in [2.75, 3.05) is 27.8 Å². The Morgan fingerprint density at radius 1 is 1.29 bits per heavy atom. The smallest absolute Gasteiger partial charge is 0.273 e. The van der Waals surface area contributed by atoms with Crippen LogP contribution in [-0.4, -0.2) is 44.9 Å². The third-order valence-electron chi connectivity index (χ3n) is 3.44. The number of hydrogen-bond donors (Lipinski definition) is 2. The molecule has 1 atom stereocenters. The van der Waals surface area contributed by atoms with Gasteiger partial charge in [0.25, 0.3) is 5.91 Å². The van der Waals surface area contributed by atoms with Gasteiger partial charge in [0.15, 0.2) is 6.29 Å². The number of nitrogens with zero attached hydrogens (tertiary/aromatic N) is 1. The molecular weight excluding hydrogens is 270 g/mol. The molecule has 1 heterocycles. The van der Waals surface area contributed by atoms with Gasteiger partial charge in [-0.15, -0.1) is 0 Å². The first kappa shape index (κ1) is 15.3. The third-order valence-corrected chi connectivity index (χ3v) is 3.44. The number of carbonyl (C=O) groups is 1. The number of likely N-dealkylation sites (N-methyl/N-ethyl adjacent to an activating group) is 1. The van der Waals surface area contributed by atoms with Gasteiger partial charge >= 0.3 is 0 Å². The molecule has 0 radical (unpaired) electrons. The summed E-state index contributed by atoms with van der Waals surface area (Å²) in [6.45, 7) is 0.331. The number of nitrogens with one attached hydrogen (secondary N) is 2. The van der Waals surface area contributed by atoms with Crippen molar-refractivity contribution < 1.29 is 14.3 Å². The first-order valence-electron chi connectivity index (χ1n) is 6.76. The molecule has 0 aliphatic carbocycles. The van der Waals surface area contributed by atoms with Gasteiger partial charge in [-0.2, -0.15) is 0 Å². The molecule has 2 N–H and O–H groups in total. The second kappa shape index (κ2) is 7.10. The second-order valence-corrected chi connectivity index (χ2v) is 4.65. The molecule has 0 aromatic heterocycles. The molecule has 2 rings (SSSR count). The Morgan fingerprint density at radius 3 is 2.52 bits per heavy atom. The summed E-state index contributed by atoms with van der Waals surface area (Å²) < 4.78 is 10.4. The fourth-order valence-corrected chi connectivity index (χ4v) is 2.27. The van der Waals surface area contributed by atoms with Crippen LogP contribution in [0.3, 0.4) is 0 Å². The molecule has 6 heteroatoms. The van der Waals surface area contributed by atoms with Crippen LogP contribution in [0.1, 0.15) is 11.7 Å². The molecule has 21 heavy (non-hydrogen) atoms. The van der Waals surface area contributed by atoms with E-state index in [2.05, 4.69) is 10.6 Å². The highest BCUT2D eigenvalue weighted by Crippen LogP contribution is 2.23. The zero-order chi connectivity index (χ0) is 15.2. The van der Waals surface area contributed by atoms with Crippen LogP contribution in [0.4, 0.5) is 0 Å². The lowest BCUT2D eigenvalue weighted by Crippen LogP contribution is -2.50. The molecule has 114 valence electrons. The maximum atomic E-state index is 12.6. The van der Waals surface area contributed by atoms with Crippen molar-refractivity contribution in [1.82, 2.24) is 15.5 Å². The summed E-state index contributed by atoms with van der Waals surface area (Å²) in [5, 5.41) is 6.13. The normalized spacial score (nSPS) is 18.5. The maximum Gasteiger partial charge on any atom is 0.273 e. The van der Waals surface area contributed by atoms with E-state index >= 15 is 0 Å². The quantitative estimate of drug-likeness (QED) is 0.759. The van der Waals surface area contributed by atoms with Gasteiger partial charge in [-0.3, -0.25) is 4.79 Å². The molecule has 1 aliphatic heterocycles. The van der Waals surface area contributed by atoms with Gasteiger partial charge in [0, 0.05) is 27.5 Å². The average Bonchev–Trinajstić information content (AvgIpc) is 2.54. The summed E-state index contributed by atoms with van der Waals surface area (Å²) in [6, 6.07) is 9.79. The van der Waals surface area contributed by atoms with Crippen LogP contribution in [0.25, 0.3) is 0 Å². The zero-order valence-corrected chi connectivity index (χ0v) is 12.5. The van der Waals surface area contributed by atoms with Gasteiger partial charge in [0.2, 0.25) is 0 Å². The van der Waals surface area contributed by atoms with Crippen molar-refractivity contribution in [3.63, 3.8) is 0 Å². The van der Waals surface area contributed by atoms with Gasteiger partial charge in [0.1, 0.15) is 11.9 Å². The van der Waals surface area contributed by atoms with E-state index in [0.717, 1.165) is 5.56 Å². The fraction of sp³-hybridized carbons (Fsp3) is 0.400. The number of ether oxygens (including phenoxy) is 2. The predicted molar refractivity (Wildman–Crippen MR) is 79.0 cm³/mol. The third kappa shape index (κ3) is 3.34. The average molecular weight is 291 g/mol. The maximum absolute atomic E-state index is 12.6. The number of amides is 1. The Balaban J connectivity index is 2.28. The molecule has 1 amide bonds. The summed E-state index contributed by atoms with van der Waals surface area (Å²) in [5.74, 6) is -0.0933. The Labute approximate surface area is 124 Å². The van der Waals surface area contributed by atoms with Crippen LogP contribution in [0.15, 0.2) is 42.2 Å². The van der Waals surface area contributed by atoms with E-state index in [9.17, 15) is 4.79 Å². The molecule has 1 aromatic carbocycles. The second-order valence-electron chi connectivity index (χ2n) is 4.65. The fourth-order valence-electron chi connectivity index (χ4n) is 2.27. The van der Waals surface area contributed by atoms with Crippen LogP contribution in [0.5, 0.6) is 0 Å². The van der Waals surface area contributed by atoms with E-state index in [-0.39, 0.29) is 12.1 Å². The minimum atomic E-state index is -0.474. The van der Waals surface area contributed by atoms with Crippen molar-refractivity contribution in [3.8, 4) is 0 Å². The lowest BCUT2D eigenvalue weighted by atomic mass is 10.1. The van der Waals surface area contributed by atoms with Gasteiger partial charge in [-0.25, -0.2) is 0 Å². The van der Waals surface area contributed by atoms with Crippen LogP contribution >= 0.6 is 0 Å². The van der Waals surface area contributed by atoms with E-state index in [4.69, 9.17) is 9.47 Å². The van der Waals surface area contributed by atoms with Gasteiger partial charge in [0.05, 0.1) is 6.54 Å². The van der Waals surface area contributed by atoms with E-state index in [0.29, 0.717) is 12.2 Å². The van der Waals surface area contributed by atoms with E-state index < -0.39 is 6.29 Å². The molecule has 6 nitrogen and oxygen atoms in total. The van der Waals surface area contributed by atoms with Gasteiger partial charge in [-0.05, 0) is 5.56 Å². The molecular formula is C15H21N3O3. The molecule has 0 saturated heterocycles. The van der Waals surface area contributed by atoms with Crippen LogP contribution < -0.4 is 10.6 Å². The molecule has 1 aromatic rings. The molecule has 1 unspecified atom stereocenters. The monoisotopic (exact) mass is 291 g/mol. The van der Waals surface area contributed by atoms with E-state index in [1.54, 1.807) is 32.4 Å². The number of hydrogen-bond acceptors (Lipinski definition) is 5. The Kier molecular flexibility index (Phi) is 5.19. The van der Waals surface area contributed by atoms with E-state index in [1.165, 1.54) is 0 Å². The van der Waals surface area contributed by atoms with Crippen LogP contribution in [0.2, 0.25) is 0 Å². The number of rotatable bonds is 6. The van der Waals surface area contributed by atoms with Crippen LogP contribution in [-0.2, 0) is 14.3 Å². The minimum Gasteiger partial charge on any atom is -0.382 e. The van der Waals surface area contributed by atoms with Crippen molar-refractivity contribution in [2.45, 2.75) is 12.5 Å². The van der Waals surface area contributed by atoms with Crippen molar-refractivity contribution in [1.29, 1.82) is 0 Å². The Morgan fingerprint density at radius 2 is 1.95 bits per heavy atom. The Hall–Kier alpha value is -2.05. The lowest BCUT2D eigenvalue weighted by Gasteiger charge is -2.37. The number of benzene rings is 1. The SMILES string of the molecule is CNC1=CNC(c2ccccc2)N(CC(OC)OC)C1=O. The zero-order valence-electron chi connectivity index (χ0n) is 12.5. The highest BCUT2D eigenvalue weighted by Gasteiger charge is 2.32. The van der Waals surface area contributed by atoms with Gasteiger partial charge in [-0.1, -0.05) is 30.3 Å². The number of carbonyl (C=O) groups excluding carboxylic acids is 1. The highest BCUT2D eigenvalue weighted by atomic mass is 16.7. The van der Waals surface area contributed by atoms with Crippen molar-refractivity contribution in [2.24, 2.45) is 0 Å². The summed E-state index contributed by atoms with van der Waals surface area (Å²) >= 11 is 0. The molecule has 1 aliphatic rings. The standard InChI is InChI=1S/C15H21N3O3/c1-16-12-9-17-14(11-7-5-4-6-8-11)18(15(12)19)10-13(20-2)21-3/h4-9,13-14,16-17H,10H2,1-3H3. The summed E-state index contributed by atoms with van der Waals surface area (Å²) in [7, 11) is 4.83. The number of methoxy groups -OCH3 is 2. The largest absolute Gasteiger partial charge is 0.382 e. The highest BCUT2D eigenvalue weighted by molar-refractivity contribution is 5.93. The first-order chi connectivity index (χ1) is 10.2. The summed E-state index contributed by atoms with van der Waals surface area (Å²) in [4.78, 5) is 14.2. The topological polar surface area (TPSA) is 62.8 Å². The molecule has 0 bridgehead atoms. The van der Waals surface area contributed by atoms with Crippen LogP contribution in [0, 0.1) is 0 Å². The summed E-state index contributed by atoms with van der Waals surface area (Å²) in [6.07, 6.45) is 0.979. The molecule has 0 saturated carbocycles. The van der Waals surface area contributed by atoms with Gasteiger partial charge < -0.3 is 25.0 Å². The molecule has 0 fully saturated rings.